The van der Waals surface area contributed by atoms with Gasteiger partial charge in [0.25, 0.3) is 0 Å². The number of methoxy groups -OCH3 is 2. The topological polar surface area (TPSA) is 30.5 Å². The summed E-state index contributed by atoms with van der Waals surface area (Å²) in [5.74, 6) is 2.96. The molecule has 0 amide bonds. The minimum Gasteiger partial charge on any atom is -0.495 e. The second-order valence-corrected chi connectivity index (χ2v) is 6.35. The quantitative estimate of drug-likeness (QED) is 0.881. The maximum atomic E-state index is 6.14. The van der Waals surface area contributed by atoms with Crippen molar-refractivity contribution in [2.45, 2.75) is 39.2 Å². The molecule has 0 aliphatic heterocycles. The Morgan fingerprint density at radius 2 is 1.60 bits per heavy atom. The van der Waals surface area contributed by atoms with Crippen LogP contribution in [0.3, 0.4) is 0 Å². The number of hydrogen-bond donors (Lipinski definition) is 1. The van der Waals surface area contributed by atoms with E-state index in [4.69, 9.17) is 21.1 Å². The average molecular weight is 298 g/mol. The Morgan fingerprint density at radius 1 is 1.00 bits per heavy atom. The molecule has 1 aromatic carbocycles. The van der Waals surface area contributed by atoms with Crippen molar-refractivity contribution in [2.24, 2.45) is 11.8 Å². The van der Waals surface area contributed by atoms with Gasteiger partial charge in [0, 0.05) is 18.2 Å². The highest BCUT2D eigenvalue weighted by Crippen LogP contribution is 2.38. The largest absolute Gasteiger partial charge is 0.495 e. The van der Waals surface area contributed by atoms with E-state index in [0.717, 1.165) is 23.3 Å². The van der Waals surface area contributed by atoms with Crippen LogP contribution in [0.4, 0.5) is 5.69 Å². The Labute approximate surface area is 126 Å². The fourth-order valence-electron chi connectivity index (χ4n) is 3.26. The lowest BCUT2D eigenvalue weighted by atomic mass is 9.80. The lowest BCUT2D eigenvalue weighted by Crippen LogP contribution is -2.30. The molecule has 1 saturated carbocycles. The van der Waals surface area contributed by atoms with Crippen LogP contribution in [0.1, 0.15) is 33.1 Å². The fourth-order valence-corrected chi connectivity index (χ4v) is 3.49. The van der Waals surface area contributed by atoms with Gasteiger partial charge in [-0.3, -0.25) is 0 Å². The molecular formula is C16H24ClNO2. The van der Waals surface area contributed by atoms with E-state index in [1.165, 1.54) is 19.3 Å². The summed E-state index contributed by atoms with van der Waals surface area (Å²) in [5.41, 5.74) is 0.958. The molecule has 0 radical (unpaired) electrons. The summed E-state index contributed by atoms with van der Waals surface area (Å²) >= 11 is 6.14. The van der Waals surface area contributed by atoms with Crippen LogP contribution in [0.15, 0.2) is 12.1 Å². The zero-order chi connectivity index (χ0) is 14.7. The molecule has 1 aromatic rings. The van der Waals surface area contributed by atoms with Crippen molar-refractivity contribution in [1.82, 2.24) is 0 Å². The molecule has 2 rings (SSSR count). The normalized spacial score (nSPS) is 26.1. The summed E-state index contributed by atoms with van der Waals surface area (Å²) < 4.78 is 10.7. The molecule has 0 spiro atoms. The molecule has 2 atom stereocenters. The van der Waals surface area contributed by atoms with E-state index in [1.807, 2.05) is 6.07 Å². The van der Waals surface area contributed by atoms with E-state index in [2.05, 4.69) is 19.2 Å². The summed E-state index contributed by atoms with van der Waals surface area (Å²) in [5, 5.41) is 4.17. The SMILES string of the molecule is COc1cc(NC2CC(C)CC(C)C2)c(OC)cc1Cl. The Bertz CT molecular complexity index is 454. The number of benzene rings is 1. The third-order valence-corrected chi connectivity index (χ3v) is 4.31. The Balaban J connectivity index is 2.19. The van der Waals surface area contributed by atoms with Gasteiger partial charge < -0.3 is 14.8 Å². The Morgan fingerprint density at radius 3 is 2.15 bits per heavy atom. The van der Waals surface area contributed by atoms with Crippen LogP contribution in [0, 0.1) is 11.8 Å². The monoisotopic (exact) mass is 297 g/mol. The maximum absolute atomic E-state index is 6.14. The van der Waals surface area contributed by atoms with Gasteiger partial charge in [0.15, 0.2) is 0 Å². The van der Waals surface area contributed by atoms with Crippen LogP contribution >= 0.6 is 11.6 Å². The first kappa shape index (κ1) is 15.3. The second kappa shape index (κ2) is 6.57. The van der Waals surface area contributed by atoms with Crippen LogP contribution in [0.2, 0.25) is 5.02 Å². The first-order chi connectivity index (χ1) is 9.53. The van der Waals surface area contributed by atoms with Gasteiger partial charge in [-0.05, 0) is 31.1 Å². The van der Waals surface area contributed by atoms with Gasteiger partial charge in [-0.2, -0.15) is 0 Å². The number of ether oxygens (including phenoxy) is 2. The molecule has 20 heavy (non-hydrogen) atoms. The molecule has 3 nitrogen and oxygen atoms in total. The highest BCUT2D eigenvalue weighted by atomic mass is 35.5. The lowest BCUT2D eigenvalue weighted by molar-refractivity contribution is 0.280. The smallest absolute Gasteiger partial charge is 0.143 e. The Hall–Kier alpha value is -1.09. The molecule has 0 heterocycles. The van der Waals surface area contributed by atoms with Gasteiger partial charge in [0.2, 0.25) is 0 Å². The van der Waals surface area contributed by atoms with Crippen molar-refractivity contribution in [3.8, 4) is 11.5 Å². The van der Waals surface area contributed by atoms with Crippen LogP contribution < -0.4 is 14.8 Å². The second-order valence-electron chi connectivity index (χ2n) is 5.95. The van der Waals surface area contributed by atoms with Crippen LogP contribution in [0.5, 0.6) is 11.5 Å². The van der Waals surface area contributed by atoms with E-state index >= 15 is 0 Å². The predicted octanol–water partition coefficient (Wildman–Crippen LogP) is 4.59. The van der Waals surface area contributed by atoms with E-state index in [9.17, 15) is 0 Å². The van der Waals surface area contributed by atoms with Gasteiger partial charge in [-0.1, -0.05) is 25.4 Å². The van der Waals surface area contributed by atoms with Gasteiger partial charge >= 0.3 is 0 Å². The highest BCUT2D eigenvalue weighted by molar-refractivity contribution is 6.32. The minimum absolute atomic E-state index is 0.480. The van der Waals surface area contributed by atoms with Crippen LogP contribution in [-0.2, 0) is 0 Å². The average Bonchev–Trinajstić information content (AvgIpc) is 2.39. The van der Waals surface area contributed by atoms with Crippen molar-refractivity contribution in [2.75, 3.05) is 19.5 Å². The van der Waals surface area contributed by atoms with Gasteiger partial charge in [-0.15, -0.1) is 0 Å². The molecule has 1 aliphatic carbocycles. The van der Waals surface area contributed by atoms with Gasteiger partial charge in [0.05, 0.1) is 24.9 Å². The van der Waals surface area contributed by atoms with E-state index in [1.54, 1.807) is 20.3 Å². The molecule has 1 N–H and O–H groups in total. The summed E-state index contributed by atoms with van der Waals surface area (Å²) in [6.45, 7) is 4.65. The minimum atomic E-state index is 0.480. The number of halogens is 1. The van der Waals surface area contributed by atoms with E-state index < -0.39 is 0 Å². The number of anilines is 1. The number of rotatable bonds is 4. The molecule has 1 aliphatic rings. The van der Waals surface area contributed by atoms with Crippen molar-refractivity contribution >= 4 is 17.3 Å². The molecule has 0 saturated heterocycles. The van der Waals surface area contributed by atoms with Crippen molar-refractivity contribution in [1.29, 1.82) is 0 Å². The maximum Gasteiger partial charge on any atom is 0.143 e. The van der Waals surface area contributed by atoms with Crippen LogP contribution in [0.25, 0.3) is 0 Å². The predicted molar refractivity (Wildman–Crippen MR) is 84.1 cm³/mol. The van der Waals surface area contributed by atoms with E-state index in [0.29, 0.717) is 16.8 Å². The zero-order valence-corrected chi connectivity index (χ0v) is 13.5. The summed E-state index contributed by atoms with van der Waals surface area (Å²) in [6, 6.07) is 4.21. The van der Waals surface area contributed by atoms with Crippen molar-refractivity contribution < 1.29 is 9.47 Å². The zero-order valence-electron chi connectivity index (χ0n) is 12.7. The fraction of sp³-hybridized carbons (Fsp3) is 0.625. The third-order valence-electron chi connectivity index (χ3n) is 4.01. The van der Waals surface area contributed by atoms with E-state index in [-0.39, 0.29) is 0 Å². The first-order valence-corrected chi connectivity index (χ1v) is 7.59. The molecule has 0 aromatic heterocycles. The molecular weight excluding hydrogens is 274 g/mol. The molecule has 0 bridgehead atoms. The molecule has 2 unspecified atom stereocenters. The summed E-state index contributed by atoms with van der Waals surface area (Å²) in [4.78, 5) is 0. The Kier molecular flexibility index (Phi) is 5.03. The van der Waals surface area contributed by atoms with Crippen molar-refractivity contribution in [3.05, 3.63) is 17.2 Å². The summed E-state index contributed by atoms with van der Waals surface area (Å²) in [6.07, 6.45) is 3.70. The van der Waals surface area contributed by atoms with Crippen molar-refractivity contribution in [3.63, 3.8) is 0 Å². The highest BCUT2D eigenvalue weighted by Gasteiger charge is 2.24. The molecule has 112 valence electrons. The first-order valence-electron chi connectivity index (χ1n) is 7.21. The standard InChI is InChI=1S/C16H24ClNO2/c1-10-5-11(2)7-12(6-10)18-14-9-15(19-3)13(17)8-16(14)20-4/h8-12,18H,5-7H2,1-4H3. The number of nitrogens with one attached hydrogen (secondary N) is 1. The summed E-state index contributed by atoms with van der Waals surface area (Å²) in [7, 11) is 3.29. The van der Waals surface area contributed by atoms with Gasteiger partial charge in [-0.25, -0.2) is 0 Å². The lowest BCUT2D eigenvalue weighted by Gasteiger charge is -2.33. The number of hydrogen-bond acceptors (Lipinski definition) is 3. The molecule has 1 fully saturated rings. The molecule has 4 heteroatoms. The van der Waals surface area contributed by atoms with Gasteiger partial charge in [0.1, 0.15) is 11.5 Å². The third kappa shape index (κ3) is 3.51. The van der Waals surface area contributed by atoms with Crippen LogP contribution in [-0.4, -0.2) is 20.3 Å².